The average Bonchev–Trinajstić information content (AvgIpc) is 2.45. The summed E-state index contributed by atoms with van der Waals surface area (Å²) in [5.41, 5.74) is 0.296. The van der Waals surface area contributed by atoms with Crippen molar-refractivity contribution in [3.05, 3.63) is 11.5 Å². The minimum atomic E-state index is -0.508. The molecule has 1 aromatic heterocycles. The van der Waals surface area contributed by atoms with Crippen molar-refractivity contribution in [3.8, 4) is 0 Å². The minimum Gasteiger partial charge on any atom is -0.459 e. The second kappa shape index (κ2) is 6.13. The third-order valence-corrected chi connectivity index (χ3v) is 3.91. The first-order valence-corrected chi connectivity index (χ1v) is 8.05. The van der Waals surface area contributed by atoms with Gasteiger partial charge in [0.15, 0.2) is 5.82 Å². The van der Waals surface area contributed by atoms with Crippen molar-refractivity contribution in [2.45, 2.75) is 32.4 Å². The molecule has 0 N–H and O–H groups in total. The highest BCUT2D eigenvalue weighted by Crippen LogP contribution is 2.35. The molecule has 1 saturated heterocycles. The Kier molecular flexibility index (Phi) is 4.33. The van der Waals surface area contributed by atoms with Crippen LogP contribution in [0.15, 0.2) is 6.20 Å². The Balaban J connectivity index is 1.85. The molecule has 0 aromatic carbocycles. The second-order valence-electron chi connectivity index (χ2n) is 6.74. The van der Waals surface area contributed by atoms with Crippen LogP contribution in [0.5, 0.6) is 0 Å². The van der Waals surface area contributed by atoms with E-state index in [1.54, 1.807) is 6.20 Å². The van der Waals surface area contributed by atoms with E-state index < -0.39 is 5.60 Å². The fourth-order valence-electron chi connectivity index (χ4n) is 2.90. The Labute approximate surface area is 140 Å². The summed E-state index contributed by atoms with van der Waals surface area (Å²) in [5.74, 6) is 0.483. The average molecular weight is 341 g/mol. The van der Waals surface area contributed by atoms with Crippen LogP contribution in [0.1, 0.15) is 20.8 Å². The number of halogens is 1. The maximum absolute atomic E-state index is 12.2. The Bertz CT molecular complexity index is 605. The molecule has 126 valence electrons. The van der Waals surface area contributed by atoms with Crippen molar-refractivity contribution < 1.29 is 14.3 Å². The van der Waals surface area contributed by atoms with Crippen LogP contribution < -0.4 is 9.80 Å². The number of esters is 1. The topological polar surface area (TPSA) is 67.8 Å². The highest BCUT2D eigenvalue weighted by atomic mass is 35.5. The standard InChI is InChI=1S/C15H21ClN4O3/c1-15(2,3)23-12(21)8-19-7-10-9-22-5-4-20(10)13-11(19)6-17-14(16)18-13/h6,10H,4-5,7-9H2,1-3H3/t10-/m0/s1. The summed E-state index contributed by atoms with van der Waals surface area (Å²) in [6.45, 7) is 8.40. The predicted molar refractivity (Wildman–Crippen MR) is 87.1 cm³/mol. The summed E-state index contributed by atoms with van der Waals surface area (Å²) in [6, 6.07) is 0.143. The van der Waals surface area contributed by atoms with Crippen molar-refractivity contribution in [2.75, 3.05) is 42.6 Å². The Morgan fingerprint density at radius 2 is 2.30 bits per heavy atom. The number of fused-ring (bicyclic) bond motifs is 3. The normalized spacial score (nSPS) is 20.8. The number of hydrogen-bond donors (Lipinski definition) is 0. The van der Waals surface area contributed by atoms with Crippen LogP contribution >= 0.6 is 11.6 Å². The van der Waals surface area contributed by atoms with Crippen molar-refractivity contribution in [3.63, 3.8) is 0 Å². The smallest absolute Gasteiger partial charge is 0.326 e. The molecule has 0 amide bonds. The van der Waals surface area contributed by atoms with Gasteiger partial charge in [0, 0.05) is 13.1 Å². The van der Waals surface area contributed by atoms with Crippen LogP contribution in [0.25, 0.3) is 0 Å². The molecule has 3 heterocycles. The number of anilines is 2. The predicted octanol–water partition coefficient (Wildman–Crippen LogP) is 1.50. The molecule has 1 atom stereocenters. The van der Waals surface area contributed by atoms with Crippen LogP contribution in [0, 0.1) is 0 Å². The highest BCUT2D eigenvalue weighted by Gasteiger charge is 2.35. The lowest BCUT2D eigenvalue weighted by Crippen LogP contribution is -2.56. The van der Waals surface area contributed by atoms with Gasteiger partial charge in [-0.25, -0.2) is 4.98 Å². The molecule has 23 heavy (non-hydrogen) atoms. The van der Waals surface area contributed by atoms with Crippen molar-refractivity contribution >= 4 is 29.1 Å². The van der Waals surface area contributed by atoms with E-state index in [4.69, 9.17) is 21.1 Å². The fraction of sp³-hybridized carbons (Fsp3) is 0.667. The van der Waals surface area contributed by atoms with E-state index in [-0.39, 0.29) is 23.8 Å². The molecule has 7 nitrogen and oxygen atoms in total. The summed E-state index contributed by atoms with van der Waals surface area (Å²) >= 11 is 5.96. The van der Waals surface area contributed by atoms with Gasteiger partial charge in [0.1, 0.15) is 12.1 Å². The maximum Gasteiger partial charge on any atom is 0.326 e. The van der Waals surface area contributed by atoms with E-state index in [1.807, 2.05) is 25.7 Å². The lowest BCUT2D eigenvalue weighted by molar-refractivity contribution is -0.153. The number of ether oxygens (including phenoxy) is 2. The van der Waals surface area contributed by atoms with E-state index in [0.717, 1.165) is 18.1 Å². The lowest BCUT2D eigenvalue weighted by atomic mass is 10.1. The van der Waals surface area contributed by atoms with Gasteiger partial charge in [-0.1, -0.05) is 0 Å². The molecule has 1 fully saturated rings. The molecule has 2 aliphatic heterocycles. The molecule has 2 aliphatic rings. The highest BCUT2D eigenvalue weighted by molar-refractivity contribution is 6.28. The zero-order valence-corrected chi connectivity index (χ0v) is 14.3. The van der Waals surface area contributed by atoms with Crippen LogP contribution in [-0.2, 0) is 14.3 Å². The Hall–Kier alpha value is -1.60. The Morgan fingerprint density at radius 3 is 3.04 bits per heavy atom. The molecule has 1 aromatic rings. The zero-order chi connectivity index (χ0) is 16.6. The monoisotopic (exact) mass is 340 g/mol. The first-order chi connectivity index (χ1) is 10.8. The van der Waals surface area contributed by atoms with Gasteiger partial charge in [0.25, 0.3) is 0 Å². The van der Waals surface area contributed by atoms with Gasteiger partial charge in [-0.15, -0.1) is 0 Å². The number of rotatable bonds is 2. The third-order valence-electron chi connectivity index (χ3n) is 3.73. The van der Waals surface area contributed by atoms with Crippen LogP contribution in [-0.4, -0.2) is 60.4 Å². The molecule has 0 saturated carbocycles. The van der Waals surface area contributed by atoms with Gasteiger partial charge in [0.05, 0.1) is 31.1 Å². The molecular formula is C15H21ClN4O3. The summed E-state index contributed by atoms with van der Waals surface area (Å²) in [6.07, 6.45) is 1.67. The third kappa shape index (κ3) is 3.67. The minimum absolute atomic E-state index is 0.143. The Morgan fingerprint density at radius 1 is 1.52 bits per heavy atom. The number of hydrogen-bond acceptors (Lipinski definition) is 7. The number of aromatic nitrogens is 2. The fourth-order valence-corrected chi connectivity index (χ4v) is 3.03. The van der Waals surface area contributed by atoms with Crippen molar-refractivity contribution in [1.82, 2.24) is 9.97 Å². The van der Waals surface area contributed by atoms with E-state index in [0.29, 0.717) is 19.8 Å². The molecule has 0 spiro atoms. The summed E-state index contributed by atoms with van der Waals surface area (Å²) in [5, 5.41) is 0.202. The quantitative estimate of drug-likeness (QED) is 0.597. The van der Waals surface area contributed by atoms with Gasteiger partial charge in [-0.3, -0.25) is 4.79 Å². The molecule has 0 bridgehead atoms. The summed E-state index contributed by atoms with van der Waals surface area (Å²) < 4.78 is 11.0. The zero-order valence-electron chi connectivity index (χ0n) is 13.6. The first-order valence-electron chi connectivity index (χ1n) is 7.67. The van der Waals surface area contributed by atoms with E-state index in [1.165, 1.54) is 0 Å². The van der Waals surface area contributed by atoms with E-state index in [2.05, 4.69) is 14.9 Å². The SMILES string of the molecule is CC(C)(C)OC(=O)CN1C[C@H]2COCCN2c2nc(Cl)ncc21. The van der Waals surface area contributed by atoms with Crippen molar-refractivity contribution in [1.29, 1.82) is 0 Å². The number of morpholine rings is 1. The molecule has 0 unspecified atom stereocenters. The van der Waals surface area contributed by atoms with Crippen molar-refractivity contribution in [2.24, 2.45) is 0 Å². The molecule has 3 rings (SSSR count). The largest absolute Gasteiger partial charge is 0.459 e. The molecule has 0 radical (unpaired) electrons. The van der Waals surface area contributed by atoms with Gasteiger partial charge >= 0.3 is 5.97 Å². The van der Waals surface area contributed by atoms with E-state index in [9.17, 15) is 4.79 Å². The van der Waals surface area contributed by atoms with Gasteiger partial charge in [-0.05, 0) is 32.4 Å². The second-order valence-corrected chi connectivity index (χ2v) is 7.08. The van der Waals surface area contributed by atoms with Crippen LogP contribution in [0.2, 0.25) is 5.28 Å². The first kappa shape index (κ1) is 16.3. The lowest BCUT2D eigenvalue weighted by Gasteiger charge is -2.45. The van der Waals surface area contributed by atoms with Crippen LogP contribution in [0.4, 0.5) is 11.5 Å². The summed E-state index contributed by atoms with van der Waals surface area (Å²) in [7, 11) is 0. The van der Waals surface area contributed by atoms with Gasteiger partial charge < -0.3 is 19.3 Å². The van der Waals surface area contributed by atoms with Crippen LogP contribution in [0.3, 0.4) is 0 Å². The maximum atomic E-state index is 12.2. The number of nitrogens with zero attached hydrogens (tertiary/aromatic N) is 4. The van der Waals surface area contributed by atoms with E-state index >= 15 is 0 Å². The number of carbonyl (C=O) groups excluding carboxylic acids is 1. The number of carbonyl (C=O) groups is 1. The van der Waals surface area contributed by atoms with Gasteiger partial charge in [0.2, 0.25) is 5.28 Å². The molecule has 8 heteroatoms. The van der Waals surface area contributed by atoms with Gasteiger partial charge in [-0.2, -0.15) is 4.98 Å². The molecular weight excluding hydrogens is 320 g/mol. The summed E-state index contributed by atoms with van der Waals surface area (Å²) in [4.78, 5) is 24.7. The molecule has 0 aliphatic carbocycles.